The second-order valence-corrected chi connectivity index (χ2v) is 3.72. The summed E-state index contributed by atoms with van der Waals surface area (Å²) in [5.41, 5.74) is 1.41. The molecule has 0 bridgehead atoms. The standard InChI is InChI=1S/C8H9I.BF4/c1-2-7-3-5-8(9)6-4-7;2-1(3,4)5/h3-6H,2H2,1H3;/q;-1. The van der Waals surface area contributed by atoms with E-state index >= 15 is 0 Å². The molecule has 0 aliphatic rings. The van der Waals surface area contributed by atoms with Crippen LogP contribution in [0.25, 0.3) is 0 Å². The van der Waals surface area contributed by atoms with Crippen molar-refractivity contribution in [2.45, 2.75) is 13.3 Å². The second kappa shape index (κ2) is 6.26. The van der Waals surface area contributed by atoms with E-state index in [9.17, 15) is 17.3 Å². The van der Waals surface area contributed by atoms with Gasteiger partial charge in [-0.3, -0.25) is 0 Å². The Bertz CT molecular complexity index is 251. The smallest absolute Gasteiger partial charge is 0.418 e. The van der Waals surface area contributed by atoms with Crippen LogP contribution in [0, 0.1) is 3.57 Å². The van der Waals surface area contributed by atoms with Gasteiger partial charge in [-0.05, 0) is 46.7 Å². The third-order valence-electron chi connectivity index (χ3n) is 1.32. The molecule has 0 saturated carbocycles. The number of aryl methyl sites for hydroxylation is 1. The summed E-state index contributed by atoms with van der Waals surface area (Å²) >= 11 is 2.31. The lowest BCUT2D eigenvalue weighted by Gasteiger charge is -1.94. The van der Waals surface area contributed by atoms with E-state index < -0.39 is 7.25 Å². The lowest BCUT2D eigenvalue weighted by molar-refractivity contribution is 0.368. The van der Waals surface area contributed by atoms with E-state index in [0.717, 1.165) is 6.42 Å². The van der Waals surface area contributed by atoms with Crippen molar-refractivity contribution in [3.8, 4) is 0 Å². The molecular weight excluding hydrogens is 310 g/mol. The van der Waals surface area contributed by atoms with Crippen LogP contribution in [0.1, 0.15) is 12.5 Å². The van der Waals surface area contributed by atoms with E-state index in [1.807, 2.05) is 0 Å². The first kappa shape index (κ1) is 13.7. The highest BCUT2D eigenvalue weighted by Crippen LogP contribution is 2.07. The average molecular weight is 319 g/mol. The van der Waals surface area contributed by atoms with Crippen LogP contribution >= 0.6 is 22.6 Å². The van der Waals surface area contributed by atoms with Gasteiger partial charge < -0.3 is 17.3 Å². The van der Waals surface area contributed by atoms with E-state index in [4.69, 9.17) is 0 Å². The van der Waals surface area contributed by atoms with Gasteiger partial charge in [-0.25, -0.2) is 0 Å². The molecule has 0 saturated heterocycles. The largest absolute Gasteiger partial charge is 0.673 e. The van der Waals surface area contributed by atoms with Gasteiger partial charge in [0.25, 0.3) is 0 Å². The van der Waals surface area contributed by atoms with Crippen LogP contribution in [0.3, 0.4) is 0 Å². The number of rotatable bonds is 1. The predicted molar refractivity (Wildman–Crippen MR) is 58.7 cm³/mol. The SMILES string of the molecule is CCc1ccc(I)cc1.F[B-](F)(F)F. The lowest BCUT2D eigenvalue weighted by Crippen LogP contribution is -2.02. The Morgan fingerprint density at radius 3 is 1.71 bits per heavy atom. The van der Waals surface area contributed by atoms with Crippen LogP contribution in [0.2, 0.25) is 0 Å². The molecule has 0 aliphatic carbocycles. The minimum absolute atomic E-state index is 1.14. The van der Waals surface area contributed by atoms with Gasteiger partial charge in [-0.2, -0.15) is 0 Å². The molecule has 0 heterocycles. The summed E-state index contributed by atoms with van der Waals surface area (Å²) in [6.45, 7) is 2.17. The highest BCUT2D eigenvalue weighted by Gasteiger charge is 2.20. The second-order valence-electron chi connectivity index (χ2n) is 2.47. The first-order valence-corrected chi connectivity index (χ1v) is 5.02. The first-order chi connectivity index (χ1) is 6.33. The summed E-state index contributed by atoms with van der Waals surface area (Å²) in [6, 6.07) is 8.61. The minimum atomic E-state index is -6.00. The molecule has 0 N–H and O–H groups in total. The fraction of sp³-hybridized carbons (Fsp3) is 0.250. The van der Waals surface area contributed by atoms with Crippen LogP contribution < -0.4 is 0 Å². The molecule has 0 amide bonds. The molecule has 0 spiro atoms. The fourth-order valence-electron chi connectivity index (χ4n) is 0.720. The molecule has 0 nitrogen and oxygen atoms in total. The van der Waals surface area contributed by atoms with Crippen LogP contribution in [-0.4, -0.2) is 7.25 Å². The zero-order valence-corrected chi connectivity index (χ0v) is 9.64. The van der Waals surface area contributed by atoms with E-state index in [0.29, 0.717) is 0 Å². The molecule has 6 heteroatoms. The summed E-state index contributed by atoms with van der Waals surface area (Å²) < 4.78 is 40.3. The maximum Gasteiger partial charge on any atom is 0.673 e. The van der Waals surface area contributed by atoms with Crippen LogP contribution in [0.5, 0.6) is 0 Å². The highest BCUT2D eigenvalue weighted by atomic mass is 127. The topological polar surface area (TPSA) is 0 Å². The van der Waals surface area contributed by atoms with Crippen molar-refractivity contribution in [3.05, 3.63) is 33.4 Å². The normalized spacial score (nSPS) is 10.4. The van der Waals surface area contributed by atoms with Gasteiger partial charge in [0.2, 0.25) is 0 Å². The van der Waals surface area contributed by atoms with Crippen LogP contribution in [-0.2, 0) is 6.42 Å². The van der Waals surface area contributed by atoms with Crippen molar-refractivity contribution in [2.24, 2.45) is 0 Å². The highest BCUT2D eigenvalue weighted by molar-refractivity contribution is 14.1. The van der Waals surface area contributed by atoms with Gasteiger partial charge in [0, 0.05) is 3.57 Å². The van der Waals surface area contributed by atoms with Gasteiger partial charge in [0.1, 0.15) is 0 Å². The van der Waals surface area contributed by atoms with Gasteiger partial charge in [-0.15, -0.1) is 0 Å². The monoisotopic (exact) mass is 319 g/mol. The maximum atomic E-state index is 9.75. The molecule has 80 valence electrons. The van der Waals surface area contributed by atoms with Crippen molar-refractivity contribution < 1.29 is 17.3 Å². The third kappa shape index (κ3) is 9.82. The van der Waals surface area contributed by atoms with Gasteiger partial charge in [-0.1, -0.05) is 19.1 Å². The first-order valence-electron chi connectivity index (χ1n) is 3.94. The summed E-state index contributed by atoms with van der Waals surface area (Å²) in [5.74, 6) is 0. The third-order valence-corrected chi connectivity index (χ3v) is 2.04. The van der Waals surface area contributed by atoms with Crippen molar-refractivity contribution in [2.75, 3.05) is 0 Å². The summed E-state index contributed by atoms with van der Waals surface area (Å²) in [6.07, 6.45) is 1.14. The number of benzene rings is 1. The van der Waals surface area contributed by atoms with E-state index in [-0.39, 0.29) is 0 Å². The summed E-state index contributed by atoms with van der Waals surface area (Å²) in [5, 5.41) is 0. The van der Waals surface area contributed by atoms with Gasteiger partial charge in [0.05, 0.1) is 0 Å². The van der Waals surface area contributed by atoms with Crippen molar-refractivity contribution in [3.63, 3.8) is 0 Å². The predicted octanol–water partition coefficient (Wildman–Crippen LogP) is 4.15. The molecule has 14 heavy (non-hydrogen) atoms. The molecule has 1 aromatic rings. The van der Waals surface area contributed by atoms with E-state index in [1.165, 1.54) is 9.13 Å². The molecule has 0 atom stereocenters. The molecule has 1 aromatic carbocycles. The molecule has 0 aromatic heterocycles. The molecule has 0 radical (unpaired) electrons. The van der Waals surface area contributed by atoms with E-state index in [1.54, 1.807) is 0 Å². The maximum absolute atomic E-state index is 9.75. The Kier molecular flexibility index (Phi) is 6.14. The summed E-state index contributed by atoms with van der Waals surface area (Å²) in [4.78, 5) is 0. The lowest BCUT2D eigenvalue weighted by atomic mass is 10.2. The zero-order valence-electron chi connectivity index (χ0n) is 7.48. The molecular formula is C8H9BF4I-. The molecule has 0 aliphatic heterocycles. The quantitative estimate of drug-likeness (QED) is 0.414. The Morgan fingerprint density at radius 1 is 1.07 bits per heavy atom. The molecule has 1 rings (SSSR count). The van der Waals surface area contributed by atoms with Crippen molar-refractivity contribution in [1.82, 2.24) is 0 Å². The fourth-order valence-corrected chi connectivity index (χ4v) is 1.08. The summed E-state index contributed by atoms with van der Waals surface area (Å²) in [7, 11) is -6.00. The van der Waals surface area contributed by atoms with Crippen molar-refractivity contribution >= 4 is 29.8 Å². The average Bonchev–Trinajstić information content (AvgIpc) is 2.03. The molecule has 0 unspecified atom stereocenters. The van der Waals surface area contributed by atoms with Gasteiger partial charge >= 0.3 is 7.25 Å². The number of hydrogen-bond acceptors (Lipinski definition) is 0. The molecule has 0 fully saturated rings. The zero-order chi connectivity index (χ0) is 11.2. The Labute approximate surface area is 93.9 Å². The van der Waals surface area contributed by atoms with E-state index in [2.05, 4.69) is 53.8 Å². The van der Waals surface area contributed by atoms with Crippen LogP contribution in [0.4, 0.5) is 17.3 Å². The Hall–Kier alpha value is -0.265. The van der Waals surface area contributed by atoms with Gasteiger partial charge in [0.15, 0.2) is 0 Å². The van der Waals surface area contributed by atoms with Crippen LogP contribution in [0.15, 0.2) is 24.3 Å². The number of halogens is 5. The Morgan fingerprint density at radius 2 is 1.43 bits per heavy atom. The minimum Gasteiger partial charge on any atom is -0.418 e. The van der Waals surface area contributed by atoms with Crippen molar-refractivity contribution in [1.29, 1.82) is 0 Å². The Balaban J connectivity index is 0.000000292. The number of hydrogen-bond donors (Lipinski definition) is 0.